The fourth-order valence-corrected chi connectivity index (χ4v) is 4.04. The molecule has 0 aromatic carbocycles. The van der Waals surface area contributed by atoms with Gasteiger partial charge in [0, 0.05) is 23.9 Å². The van der Waals surface area contributed by atoms with Crippen LogP contribution >= 0.6 is 22.9 Å². The Morgan fingerprint density at radius 1 is 1.50 bits per heavy atom. The molecule has 0 aliphatic carbocycles. The van der Waals surface area contributed by atoms with E-state index in [1.165, 1.54) is 17.4 Å². The second-order valence-corrected chi connectivity index (χ2v) is 8.71. The molecule has 0 amide bonds. The van der Waals surface area contributed by atoms with Gasteiger partial charge in [0.05, 0.1) is 18.9 Å². The SMILES string of the molecule is C=C/C(=C\C(F)=C(\CN)C(C)CC)c1csc(Nc2ccc(Cl)c(OC3CCOC3)n2)n1. The Morgan fingerprint density at radius 2 is 2.31 bits per heavy atom. The number of thiazole rings is 1. The van der Waals surface area contributed by atoms with E-state index in [4.69, 9.17) is 26.8 Å². The van der Waals surface area contributed by atoms with Crippen LogP contribution in [-0.4, -0.2) is 35.8 Å². The van der Waals surface area contributed by atoms with E-state index in [-0.39, 0.29) is 24.4 Å². The van der Waals surface area contributed by atoms with Crippen molar-refractivity contribution >= 4 is 39.5 Å². The number of pyridine rings is 1. The summed E-state index contributed by atoms with van der Waals surface area (Å²) in [6.07, 6.45) is 4.58. The van der Waals surface area contributed by atoms with Gasteiger partial charge in [0.1, 0.15) is 22.8 Å². The highest BCUT2D eigenvalue weighted by Crippen LogP contribution is 2.30. The third kappa shape index (κ3) is 6.16. The maximum absolute atomic E-state index is 14.8. The van der Waals surface area contributed by atoms with E-state index < -0.39 is 0 Å². The first-order chi connectivity index (χ1) is 15.4. The van der Waals surface area contributed by atoms with Crippen molar-refractivity contribution in [3.63, 3.8) is 0 Å². The van der Waals surface area contributed by atoms with Crippen LogP contribution < -0.4 is 15.8 Å². The summed E-state index contributed by atoms with van der Waals surface area (Å²) in [5.41, 5.74) is 7.54. The van der Waals surface area contributed by atoms with Gasteiger partial charge in [0.15, 0.2) is 5.13 Å². The number of hydrogen-bond donors (Lipinski definition) is 2. The van der Waals surface area contributed by atoms with E-state index in [2.05, 4.69) is 21.9 Å². The quantitative estimate of drug-likeness (QED) is 0.413. The Morgan fingerprint density at radius 3 is 2.97 bits per heavy atom. The van der Waals surface area contributed by atoms with Crippen LogP contribution in [0, 0.1) is 5.92 Å². The number of aromatic nitrogens is 2. The second kappa shape index (κ2) is 11.6. The van der Waals surface area contributed by atoms with Crippen molar-refractivity contribution in [2.45, 2.75) is 32.8 Å². The predicted octanol–water partition coefficient (Wildman–Crippen LogP) is 5.90. The fraction of sp³-hybridized carbons (Fsp3) is 0.391. The van der Waals surface area contributed by atoms with Crippen molar-refractivity contribution in [1.29, 1.82) is 0 Å². The lowest BCUT2D eigenvalue weighted by Gasteiger charge is -2.13. The first kappa shape index (κ1) is 24.4. The molecule has 6 nitrogen and oxygen atoms in total. The van der Waals surface area contributed by atoms with Gasteiger partial charge >= 0.3 is 0 Å². The molecule has 3 heterocycles. The molecule has 1 saturated heterocycles. The first-order valence-electron chi connectivity index (χ1n) is 10.5. The number of nitrogens with two attached hydrogens (primary N) is 1. The topological polar surface area (TPSA) is 82.3 Å². The van der Waals surface area contributed by atoms with Crippen molar-refractivity contribution in [3.05, 3.63) is 58.4 Å². The molecule has 2 atom stereocenters. The molecule has 3 rings (SSSR count). The van der Waals surface area contributed by atoms with Gasteiger partial charge < -0.3 is 20.5 Å². The van der Waals surface area contributed by atoms with Crippen LogP contribution in [-0.2, 0) is 4.74 Å². The summed E-state index contributed by atoms with van der Waals surface area (Å²) in [5, 5.41) is 6.01. The van der Waals surface area contributed by atoms with Gasteiger partial charge in [-0.15, -0.1) is 11.3 Å². The van der Waals surface area contributed by atoms with Gasteiger partial charge in [-0.05, 0) is 36.1 Å². The molecule has 32 heavy (non-hydrogen) atoms. The molecular formula is C23H28ClFN4O2S. The van der Waals surface area contributed by atoms with Gasteiger partial charge in [0.2, 0.25) is 5.88 Å². The Balaban J connectivity index is 1.77. The smallest absolute Gasteiger partial charge is 0.234 e. The number of hydrogen-bond acceptors (Lipinski definition) is 7. The van der Waals surface area contributed by atoms with E-state index in [0.717, 1.165) is 12.8 Å². The molecule has 1 aliphatic heterocycles. The summed E-state index contributed by atoms with van der Waals surface area (Å²) in [6, 6.07) is 3.46. The third-order valence-corrected chi connectivity index (χ3v) is 6.30. The number of nitrogens with one attached hydrogen (secondary N) is 1. The minimum Gasteiger partial charge on any atom is -0.471 e. The second-order valence-electron chi connectivity index (χ2n) is 7.44. The minimum absolute atomic E-state index is 0.0567. The monoisotopic (exact) mass is 478 g/mol. The van der Waals surface area contributed by atoms with Gasteiger partial charge in [-0.3, -0.25) is 0 Å². The lowest BCUT2D eigenvalue weighted by Crippen LogP contribution is -2.16. The summed E-state index contributed by atoms with van der Waals surface area (Å²) < 4.78 is 26.0. The summed E-state index contributed by atoms with van der Waals surface area (Å²) >= 11 is 7.60. The standard InChI is InChI=1S/C23H28ClFN4O2S/c1-4-14(3)17(11-26)19(25)10-15(5-2)20-13-32-23(27-20)29-21-7-6-18(24)22(28-21)31-16-8-9-30-12-16/h5-7,10,13-14,16H,2,4,8-9,11-12,26H2,1,3H3,(H,27,28,29)/b15-10+,19-17+. The van der Waals surface area contributed by atoms with E-state index in [1.54, 1.807) is 18.2 Å². The zero-order chi connectivity index (χ0) is 23.1. The molecule has 2 aromatic rings. The van der Waals surface area contributed by atoms with Crippen LogP contribution in [0.4, 0.5) is 15.3 Å². The Bertz CT molecular complexity index is 1000. The molecule has 0 spiro atoms. The normalized spacial score (nSPS) is 18.3. The highest BCUT2D eigenvalue weighted by Gasteiger charge is 2.20. The molecule has 1 fully saturated rings. The molecule has 9 heteroatoms. The highest BCUT2D eigenvalue weighted by molar-refractivity contribution is 7.13. The fourth-order valence-electron chi connectivity index (χ4n) is 3.16. The molecule has 0 radical (unpaired) electrons. The summed E-state index contributed by atoms with van der Waals surface area (Å²) in [5.74, 6) is 0.623. The number of anilines is 2. The summed E-state index contributed by atoms with van der Waals surface area (Å²) in [4.78, 5) is 9.00. The lowest BCUT2D eigenvalue weighted by atomic mass is 9.97. The van der Waals surface area contributed by atoms with Crippen LogP contribution in [0.3, 0.4) is 0 Å². The Hall–Kier alpha value is -2.26. The molecule has 0 saturated carbocycles. The zero-order valence-electron chi connectivity index (χ0n) is 18.2. The number of rotatable bonds is 10. The van der Waals surface area contributed by atoms with Crippen LogP contribution in [0.25, 0.3) is 5.57 Å². The van der Waals surface area contributed by atoms with E-state index in [0.29, 0.717) is 51.9 Å². The van der Waals surface area contributed by atoms with Crippen LogP contribution in [0.1, 0.15) is 32.4 Å². The average Bonchev–Trinajstić information content (AvgIpc) is 3.47. The summed E-state index contributed by atoms with van der Waals surface area (Å²) in [7, 11) is 0. The predicted molar refractivity (Wildman–Crippen MR) is 129 cm³/mol. The molecule has 2 unspecified atom stereocenters. The van der Waals surface area contributed by atoms with Crippen molar-refractivity contribution in [2.75, 3.05) is 25.1 Å². The van der Waals surface area contributed by atoms with E-state index in [9.17, 15) is 4.39 Å². The molecular weight excluding hydrogens is 451 g/mol. The molecule has 1 aliphatic rings. The van der Waals surface area contributed by atoms with Crippen molar-refractivity contribution in [1.82, 2.24) is 9.97 Å². The molecule has 0 bridgehead atoms. The highest BCUT2D eigenvalue weighted by atomic mass is 35.5. The van der Waals surface area contributed by atoms with Crippen LogP contribution in [0.2, 0.25) is 5.02 Å². The van der Waals surface area contributed by atoms with Crippen LogP contribution in [0.5, 0.6) is 5.88 Å². The summed E-state index contributed by atoms with van der Waals surface area (Å²) in [6.45, 7) is 9.14. The zero-order valence-corrected chi connectivity index (χ0v) is 19.8. The number of nitrogens with zero attached hydrogens (tertiary/aromatic N) is 2. The number of ether oxygens (including phenoxy) is 2. The van der Waals surface area contributed by atoms with Gasteiger partial charge in [-0.25, -0.2) is 9.37 Å². The lowest BCUT2D eigenvalue weighted by molar-refractivity contribution is 0.138. The van der Waals surface area contributed by atoms with Crippen LogP contribution in [0.15, 0.2) is 47.6 Å². The van der Waals surface area contributed by atoms with E-state index >= 15 is 0 Å². The minimum atomic E-state index is -0.337. The van der Waals surface area contributed by atoms with Crippen molar-refractivity contribution in [2.24, 2.45) is 11.7 Å². The van der Waals surface area contributed by atoms with Gasteiger partial charge in [-0.2, -0.15) is 4.98 Å². The van der Waals surface area contributed by atoms with Gasteiger partial charge in [-0.1, -0.05) is 38.1 Å². The Labute approximate surface area is 197 Å². The molecule has 172 valence electrons. The number of allylic oxidation sites excluding steroid dienone is 4. The maximum Gasteiger partial charge on any atom is 0.234 e. The number of halogens is 2. The third-order valence-electron chi connectivity index (χ3n) is 5.25. The first-order valence-corrected chi connectivity index (χ1v) is 11.8. The van der Waals surface area contributed by atoms with Gasteiger partial charge in [0.25, 0.3) is 0 Å². The largest absolute Gasteiger partial charge is 0.471 e. The average molecular weight is 479 g/mol. The Kier molecular flexibility index (Phi) is 8.81. The maximum atomic E-state index is 14.8. The molecule has 3 N–H and O–H groups in total. The molecule has 2 aromatic heterocycles. The van der Waals surface area contributed by atoms with Crippen molar-refractivity contribution in [3.8, 4) is 5.88 Å². The van der Waals surface area contributed by atoms with E-state index in [1.807, 2.05) is 19.2 Å². The van der Waals surface area contributed by atoms with Crippen molar-refractivity contribution < 1.29 is 13.9 Å².